The summed E-state index contributed by atoms with van der Waals surface area (Å²) in [6, 6.07) is 6.07. The van der Waals surface area contributed by atoms with Crippen molar-refractivity contribution in [1.29, 1.82) is 0 Å². The van der Waals surface area contributed by atoms with Crippen molar-refractivity contribution in [3.63, 3.8) is 0 Å². The quantitative estimate of drug-likeness (QED) is 0.718. The third-order valence-electron chi connectivity index (χ3n) is 2.98. The van der Waals surface area contributed by atoms with Gasteiger partial charge in [-0.25, -0.2) is 9.97 Å². The number of nitrogen functional groups attached to an aromatic ring is 1. The minimum absolute atomic E-state index is 0.300. The lowest BCUT2D eigenvalue weighted by atomic mass is 10.0. The second kappa shape index (κ2) is 4.10. The van der Waals surface area contributed by atoms with Crippen LogP contribution in [-0.2, 0) is 6.42 Å². The highest BCUT2D eigenvalue weighted by Gasteiger charge is 2.08. The molecule has 18 heavy (non-hydrogen) atoms. The van der Waals surface area contributed by atoms with Gasteiger partial charge in [0.05, 0.1) is 17.4 Å². The standard InChI is InChI=1S/C13H13N5/c1-2-8-6-15-13(14)17-12(8)9-3-4-11-10(5-9)7-16-18-11/h3-7H,2H2,1H3,(H,16,18)(H2,14,15,17). The minimum Gasteiger partial charge on any atom is -0.368 e. The van der Waals surface area contributed by atoms with Crippen molar-refractivity contribution in [2.45, 2.75) is 13.3 Å². The SMILES string of the molecule is CCc1cnc(N)nc1-c1ccc2[nH]ncc2c1. The van der Waals surface area contributed by atoms with E-state index in [0.717, 1.165) is 34.1 Å². The highest BCUT2D eigenvalue weighted by molar-refractivity contribution is 5.83. The highest BCUT2D eigenvalue weighted by Crippen LogP contribution is 2.25. The molecule has 5 heteroatoms. The number of aryl methyl sites for hydroxylation is 1. The zero-order valence-electron chi connectivity index (χ0n) is 10.0. The van der Waals surface area contributed by atoms with Crippen molar-refractivity contribution >= 4 is 16.9 Å². The first-order chi connectivity index (χ1) is 8.78. The molecule has 3 aromatic rings. The molecule has 0 unspecified atom stereocenters. The third-order valence-corrected chi connectivity index (χ3v) is 2.98. The maximum absolute atomic E-state index is 5.67. The number of rotatable bonds is 2. The van der Waals surface area contributed by atoms with Crippen LogP contribution in [0.4, 0.5) is 5.95 Å². The van der Waals surface area contributed by atoms with Gasteiger partial charge in [-0.2, -0.15) is 5.10 Å². The Labute approximate surface area is 104 Å². The molecule has 0 atom stereocenters. The number of nitrogens with zero attached hydrogens (tertiary/aromatic N) is 3. The van der Waals surface area contributed by atoms with Gasteiger partial charge in [-0.1, -0.05) is 13.0 Å². The molecule has 0 bridgehead atoms. The summed E-state index contributed by atoms with van der Waals surface area (Å²) in [6.45, 7) is 2.08. The van der Waals surface area contributed by atoms with Crippen LogP contribution in [0.25, 0.3) is 22.2 Å². The Hall–Kier alpha value is -2.43. The van der Waals surface area contributed by atoms with Gasteiger partial charge in [-0.05, 0) is 24.1 Å². The van der Waals surface area contributed by atoms with Crippen LogP contribution in [0.5, 0.6) is 0 Å². The highest BCUT2D eigenvalue weighted by atomic mass is 15.1. The van der Waals surface area contributed by atoms with Crippen molar-refractivity contribution in [2.75, 3.05) is 5.73 Å². The fourth-order valence-electron chi connectivity index (χ4n) is 2.02. The van der Waals surface area contributed by atoms with E-state index >= 15 is 0 Å². The van der Waals surface area contributed by atoms with E-state index < -0.39 is 0 Å². The van der Waals surface area contributed by atoms with Gasteiger partial charge >= 0.3 is 0 Å². The van der Waals surface area contributed by atoms with E-state index in [4.69, 9.17) is 5.73 Å². The monoisotopic (exact) mass is 239 g/mol. The number of nitrogens with two attached hydrogens (primary N) is 1. The van der Waals surface area contributed by atoms with Crippen LogP contribution < -0.4 is 5.73 Å². The number of fused-ring (bicyclic) bond motifs is 1. The second-order valence-electron chi connectivity index (χ2n) is 4.13. The van der Waals surface area contributed by atoms with Gasteiger partial charge in [0.2, 0.25) is 5.95 Å². The van der Waals surface area contributed by atoms with E-state index in [1.807, 2.05) is 12.1 Å². The van der Waals surface area contributed by atoms with E-state index in [2.05, 4.69) is 33.2 Å². The average Bonchev–Trinajstić information content (AvgIpc) is 2.85. The lowest BCUT2D eigenvalue weighted by Gasteiger charge is -2.07. The summed E-state index contributed by atoms with van der Waals surface area (Å²) in [7, 11) is 0. The zero-order valence-corrected chi connectivity index (χ0v) is 10.0. The number of anilines is 1. The van der Waals surface area contributed by atoms with Gasteiger partial charge in [0, 0.05) is 17.1 Å². The molecule has 0 aliphatic rings. The summed E-state index contributed by atoms with van der Waals surface area (Å²) in [5.74, 6) is 0.300. The fraction of sp³-hybridized carbons (Fsp3) is 0.154. The van der Waals surface area contributed by atoms with Crippen LogP contribution in [0.3, 0.4) is 0 Å². The van der Waals surface area contributed by atoms with E-state index in [0.29, 0.717) is 5.95 Å². The summed E-state index contributed by atoms with van der Waals surface area (Å²) >= 11 is 0. The molecule has 1 aromatic carbocycles. The number of H-pyrrole nitrogens is 1. The first kappa shape index (κ1) is 10.7. The summed E-state index contributed by atoms with van der Waals surface area (Å²) < 4.78 is 0. The van der Waals surface area contributed by atoms with Crippen LogP contribution in [0.15, 0.2) is 30.6 Å². The number of hydrogen-bond acceptors (Lipinski definition) is 4. The van der Waals surface area contributed by atoms with Crippen molar-refractivity contribution in [3.8, 4) is 11.3 Å². The molecule has 90 valence electrons. The third kappa shape index (κ3) is 1.69. The average molecular weight is 239 g/mol. The molecular weight excluding hydrogens is 226 g/mol. The number of nitrogens with one attached hydrogen (secondary N) is 1. The number of aromatic amines is 1. The predicted octanol–water partition coefficient (Wildman–Crippen LogP) is 2.16. The molecule has 3 N–H and O–H groups in total. The van der Waals surface area contributed by atoms with Crippen molar-refractivity contribution in [3.05, 3.63) is 36.2 Å². The molecular formula is C13H13N5. The summed E-state index contributed by atoms with van der Waals surface area (Å²) in [5, 5.41) is 8.01. The van der Waals surface area contributed by atoms with Crippen molar-refractivity contribution in [1.82, 2.24) is 20.2 Å². The largest absolute Gasteiger partial charge is 0.368 e. The van der Waals surface area contributed by atoms with Crippen molar-refractivity contribution < 1.29 is 0 Å². The van der Waals surface area contributed by atoms with Crippen LogP contribution >= 0.6 is 0 Å². The van der Waals surface area contributed by atoms with Gasteiger partial charge < -0.3 is 5.73 Å². The van der Waals surface area contributed by atoms with Gasteiger partial charge in [-0.15, -0.1) is 0 Å². The summed E-state index contributed by atoms with van der Waals surface area (Å²) in [5.41, 5.74) is 9.71. The van der Waals surface area contributed by atoms with Gasteiger partial charge in [0.15, 0.2) is 0 Å². The normalized spacial score (nSPS) is 10.9. The fourth-order valence-corrected chi connectivity index (χ4v) is 2.02. The Morgan fingerprint density at radius 2 is 2.17 bits per heavy atom. The molecule has 5 nitrogen and oxygen atoms in total. The Bertz CT molecular complexity index is 701. The molecule has 0 spiro atoms. The van der Waals surface area contributed by atoms with Crippen molar-refractivity contribution in [2.24, 2.45) is 0 Å². The predicted molar refractivity (Wildman–Crippen MR) is 70.9 cm³/mol. The molecule has 0 aliphatic carbocycles. The van der Waals surface area contributed by atoms with Gasteiger partial charge in [0.1, 0.15) is 0 Å². The van der Waals surface area contributed by atoms with E-state index in [1.54, 1.807) is 12.4 Å². The van der Waals surface area contributed by atoms with Gasteiger partial charge in [-0.3, -0.25) is 5.10 Å². The van der Waals surface area contributed by atoms with E-state index in [9.17, 15) is 0 Å². The van der Waals surface area contributed by atoms with Crippen LogP contribution in [0, 0.1) is 0 Å². The first-order valence-electron chi connectivity index (χ1n) is 5.83. The van der Waals surface area contributed by atoms with E-state index in [-0.39, 0.29) is 0 Å². The molecule has 0 amide bonds. The number of hydrogen-bond donors (Lipinski definition) is 2. The Balaban J connectivity index is 2.21. The smallest absolute Gasteiger partial charge is 0.220 e. The summed E-state index contributed by atoms with van der Waals surface area (Å²) in [6.07, 6.45) is 4.46. The Morgan fingerprint density at radius 1 is 1.28 bits per heavy atom. The molecule has 0 fully saturated rings. The van der Waals surface area contributed by atoms with E-state index in [1.165, 1.54) is 0 Å². The Kier molecular flexibility index (Phi) is 2.44. The minimum atomic E-state index is 0.300. The molecule has 3 rings (SSSR count). The molecule has 0 radical (unpaired) electrons. The first-order valence-corrected chi connectivity index (χ1v) is 5.83. The molecule has 2 aromatic heterocycles. The Morgan fingerprint density at radius 3 is 3.00 bits per heavy atom. The maximum Gasteiger partial charge on any atom is 0.220 e. The van der Waals surface area contributed by atoms with Crippen LogP contribution in [-0.4, -0.2) is 20.2 Å². The van der Waals surface area contributed by atoms with Crippen LogP contribution in [0.2, 0.25) is 0 Å². The zero-order chi connectivity index (χ0) is 12.5. The lowest BCUT2D eigenvalue weighted by molar-refractivity contribution is 1.06. The summed E-state index contributed by atoms with van der Waals surface area (Å²) in [4.78, 5) is 8.38. The number of benzene rings is 1. The number of aromatic nitrogens is 4. The molecule has 0 aliphatic heterocycles. The van der Waals surface area contributed by atoms with Gasteiger partial charge in [0.25, 0.3) is 0 Å². The lowest BCUT2D eigenvalue weighted by Crippen LogP contribution is -2.00. The molecule has 0 saturated heterocycles. The maximum atomic E-state index is 5.67. The van der Waals surface area contributed by atoms with Crippen LogP contribution in [0.1, 0.15) is 12.5 Å². The molecule has 2 heterocycles. The molecule has 0 saturated carbocycles. The second-order valence-corrected chi connectivity index (χ2v) is 4.13. The topological polar surface area (TPSA) is 80.5 Å².